The normalized spacial score (nSPS) is 53.6. The zero-order valence-electron chi connectivity index (χ0n) is 16.7. The number of aliphatic hydroxyl groups is 1. The fourth-order valence-corrected chi connectivity index (χ4v) is 8.30. The third-order valence-electron chi connectivity index (χ3n) is 9.75. The lowest BCUT2D eigenvalue weighted by atomic mass is 9.44. The number of hydrogen-bond acceptors (Lipinski definition) is 3. The molecule has 26 heavy (non-hydrogen) atoms. The minimum Gasteiger partial charge on any atom is -0.390 e. The van der Waals surface area contributed by atoms with Crippen molar-refractivity contribution < 1.29 is 9.63 Å². The Morgan fingerprint density at radius 2 is 1.77 bits per heavy atom. The van der Waals surface area contributed by atoms with Gasteiger partial charge in [-0.3, -0.25) is 0 Å². The van der Waals surface area contributed by atoms with E-state index in [1.54, 1.807) is 0 Å². The van der Waals surface area contributed by atoms with E-state index in [1.807, 2.05) is 6.20 Å². The summed E-state index contributed by atoms with van der Waals surface area (Å²) in [5.74, 6) is 5.00. The summed E-state index contributed by atoms with van der Waals surface area (Å²) in [6.07, 6.45) is 13.1. The van der Waals surface area contributed by atoms with Gasteiger partial charge >= 0.3 is 0 Å². The number of nitrogens with zero attached hydrogens (tertiary/aromatic N) is 1. The van der Waals surface area contributed by atoms with Crippen LogP contribution in [0.2, 0.25) is 0 Å². The minimum absolute atomic E-state index is 0.393. The first-order valence-electron chi connectivity index (χ1n) is 11.0. The molecule has 0 unspecified atom stereocenters. The van der Waals surface area contributed by atoms with Crippen LogP contribution >= 0.6 is 0 Å². The van der Waals surface area contributed by atoms with Crippen molar-refractivity contribution in [3.05, 3.63) is 18.0 Å². The highest BCUT2D eigenvalue weighted by atomic mass is 16.5. The summed E-state index contributed by atoms with van der Waals surface area (Å²) in [5, 5.41) is 14.6. The van der Waals surface area contributed by atoms with Crippen LogP contribution in [0.4, 0.5) is 0 Å². The summed E-state index contributed by atoms with van der Waals surface area (Å²) in [5.41, 5.74) is 0.422. The highest BCUT2D eigenvalue weighted by Gasteiger charge is 2.61. The van der Waals surface area contributed by atoms with Crippen molar-refractivity contribution in [3.8, 4) is 0 Å². The summed E-state index contributed by atoms with van der Waals surface area (Å²) in [7, 11) is 0. The standard InChI is InChI=1S/C23H35NO2/c1-21(25)11-12-22(2)15(14-21)4-5-16-17-6-7-19(20-9-13-24-26-20)23(17,3)10-8-18(16)22/h9,13,15-19,25H,4-8,10-12,14H2,1-3H3/t15-,16+,17+,18+,19-,21-,22+,23+/m1/s1. The maximum Gasteiger partial charge on any atom is 0.140 e. The van der Waals surface area contributed by atoms with Crippen molar-refractivity contribution in [1.29, 1.82) is 0 Å². The van der Waals surface area contributed by atoms with Gasteiger partial charge in [-0.15, -0.1) is 0 Å². The molecule has 4 aliphatic rings. The van der Waals surface area contributed by atoms with Gasteiger partial charge < -0.3 is 9.63 Å². The van der Waals surface area contributed by atoms with Gasteiger partial charge in [0.1, 0.15) is 5.76 Å². The number of fused-ring (bicyclic) bond motifs is 5. The third-order valence-corrected chi connectivity index (χ3v) is 9.75. The second-order valence-electron chi connectivity index (χ2n) is 10.9. The van der Waals surface area contributed by atoms with E-state index in [1.165, 1.54) is 44.9 Å². The first kappa shape index (κ1) is 17.3. The number of aromatic nitrogens is 1. The molecule has 3 nitrogen and oxygen atoms in total. The fraction of sp³-hybridized carbons (Fsp3) is 0.870. The fourth-order valence-electron chi connectivity index (χ4n) is 8.30. The Kier molecular flexibility index (Phi) is 3.72. The van der Waals surface area contributed by atoms with E-state index in [0.29, 0.717) is 16.7 Å². The van der Waals surface area contributed by atoms with Gasteiger partial charge in [-0.25, -0.2) is 0 Å². The Hall–Kier alpha value is -0.830. The summed E-state index contributed by atoms with van der Waals surface area (Å²) in [4.78, 5) is 0. The van der Waals surface area contributed by atoms with E-state index in [0.717, 1.165) is 42.3 Å². The molecule has 0 bridgehead atoms. The molecule has 0 radical (unpaired) electrons. The molecule has 1 heterocycles. The Morgan fingerprint density at radius 3 is 2.54 bits per heavy atom. The SMILES string of the molecule is C[C@@]1(O)CC[C@@]2(C)[C@H](CC[C@@H]3[C@@H]2CC[C@]2(C)[C@@H](c4ccno4)CC[C@@H]32)C1. The van der Waals surface area contributed by atoms with Crippen molar-refractivity contribution in [1.82, 2.24) is 5.16 Å². The summed E-state index contributed by atoms with van der Waals surface area (Å²) >= 11 is 0. The molecule has 0 aromatic carbocycles. The molecular formula is C23H35NO2. The van der Waals surface area contributed by atoms with Crippen molar-refractivity contribution in [2.75, 3.05) is 0 Å². The van der Waals surface area contributed by atoms with Gasteiger partial charge in [-0.05, 0) is 99.2 Å². The topological polar surface area (TPSA) is 46.3 Å². The molecule has 5 rings (SSSR count). The molecule has 1 N–H and O–H groups in total. The molecule has 1 aromatic rings. The second kappa shape index (κ2) is 5.59. The lowest BCUT2D eigenvalue weighted by molar-refractivity contribution is -0.144. The molecular weight excluding hydrogens is 322 g/mol. The third kappa shape index (κ3) is 2.31. The summed E-state index contributed by atoms with van der Waals surface area (Å²) < 4.78 is 5.62. The van der Waals surface area contributed by atoms with Crippen LogP contribution in [0.1, 0.15) is 90.2 Å². The molecule has 4 fully saturated rings. The van der Waals surface area contributed by atoms with Gasteiger partial charge in [0.2, 0.25) is 0 Å². The predicted molar refractivity (Wildman–Crippen MR) is 102 cm³/mol. The van der Waals surface area contributed by atoms with Crippen LogP contribution in [-0.2, 0) is 0 Å². The average Bonchev–Trinajstić information content (AvgIpc) is 3.22. The molecule has 4 saturated carbocycles. The zero-order valence-corrected chi connectivity index (χ0v) is 16.7. The molecule has 4 aliphatic carbocycles. The predicted octanol–water partition coefficient (Wildman–Crippen LogP) is 5.55. The van der Waals surface area contributed by atoms with E-state index < -0.39 is 5.60 Å². The van der Waals surface area contributed by atoms with Gasteiger partial charge in [-0.1, -0.05) is 19.0 Å². The molecule has 144 valence electrons. The van der Waals surface area contributed by atoms with E-state index in [4.69, 9.17) is 4.52 Å². The molecule has 0 saturated heterocycles. The molecule has 8 atom stereocenters. The van der Waals surface area contributed by atoms with Crippen LogP contribution in [0.5, 0.6) is 0 Å². The summed E-state index contributed by atoms with van der Waals surface area (Å²) in [6.45, 7) is 7.19. The van der Waals surface area contributed by atoms with Gasteiger partial charge in [0.05, 0.1) is 11.8 Å². The Morgan fingerprint density at radius 1 is 0.962 bits per heavy atom. The highest BCUT2D eigenvalue weighted by Crippen LogP contribution is 2.69. The van der Waals surface area contributed by atoms with Crippen molar-refractivity contribution in [2.24, 2.45) is 34.5 Å². The first-order valence-corrected chi connectivity index (χ1v) is 11.0. The van der Waals surface area contributed by atoms with Crippen molar-refractivity contribution in [3.63, 3.8) is 0 Å². The van der Waals surface area contributed by atoms with Crippen LogP contribution in [0.3, 0.4) is 0 Å². The minimum atomic E-state index is -0.426. The Bertz CT molecular complexity index is 668. The largest absolute Gasteiger partial charge is 0.390 e. The number of hydrogen-bond donors (Lipinski definition) is 1. The zero-order chi connectivity index (χ0) is 18.2. The number of rotatable bonds is 1. The van der Waals surface area contributed by atoms with Crippen LogP contribution in [0.15, 0.2) is 16.8 Å². The maximum absolute atomic E-state index is 10.6. The Balaban J connectivity index is 1.43. The van der Waals surface area contributed by atoms with Crippen LogP contribution < -0.4 is 0 Å². The first-order chi connectivity index (χ1) is 12.3. The average molecular weight is 358 g/mol. The van der Waals surface area contributed by atoms with E-state index in [9.17, 15) is 5.11 Å². The smallest absolute Gasteiger partial charge is 0.140 e. The van der Waals surface area contributed by atoms with Crippen molar-refractivity contribution >= 4 is 0 Å². The monoisotopic (exact) mass is 357 g/mol. The second-order valence-corrected chi connectivity index (χ2v) is 10.9. The van der Waals surface area contributed by atoms with E-state index in [-0.39, 0.29) is 0 Å². The molecule has 0 aliphatic heterocycles. The molecule has 1 aromatic heterocycles. The van der Waals surface area contributed by atoms with E-state index in [2.05, 4.69) is 32.0 Å². The van der Waals surface area contributed by atoms with Crippen LogP contribution in [-0.4, -0.2) is 15.9 Å². The van der Waals surface area contributed by atoms with E-state index >= 15 is 0 Å². The van der Waals surface area contributed by atoms with Crippen LogP contribution in [0.25, 0.3) is 0 Å². The molecule has 0 spiro atoms. The lowest BCUT2D eigenvalue weighted by Crippen LogP contribution is -2.55. The van der Waals surface area contributed by atoms with Gasteiger partial charge in [0, 0.05) is 12.0 Å². The Labute approximate surface area is 157 Å². The van der Waals surface area contributed by atoms with Crippen LogP contribution in [0, 0.1) is 34.5 Å². The summed E-state index contributed by atoms with van der Waals surface area (Å²) in [6, 6.07) is 2.10. The molecule has 3 heteroatoms. The highest BCUT2D eigenvalue weighted by molar-refractivity contribution is 5.17. The maximum atomic E-state index is 10.6. The lowest BCUT2D eigenvalue weighted by Gasteiger charge is -2.61. The quantitative estimate of drug-likeness (QED) is 0.716. The van der Waals surface area contributed by atoms with Gasteiger partial charge in [0.15, 0.2) is 0 Å². The van der Waals surface area contributed by atoms with Gasteiger partial charge in [0.25, 0.3) is 0 Å². The van der Waals surface area contributed by atoms with Crippen molar-refractivity contribution in [2.45, 2.75) is 90.1 Å². The van der Waals surface area contributed by atoms with Gasteiger partial charge in [-0.2, -0.15) is 0 Å². The molecule has 0 amide bonds.